The number of nitrogens with zero attached hydrogens (tertiary/aromatic N) is 2. The van der Waals surface area contributed by atoms with Crippen LogP contribution >= 0.6 is 23.1 Å². The summed E-state index contributed by atoms with van der Waals surface area (Å²) in [5.74, 6) is 0.0405. The highest BCUT2D eigenvalue weighted by Crippen LogP contribution is 2.31. The molecule has 0 amide bonds. The van der Waals surface area contributed by atoms with E-state index in [1.54, 1.807) is 4.57 Å². The van der Waals surface area contributed by atoms with Crippen LogP contribution in [0.4, 0.5) is 0 Å². The Hall–Kier alpha value is -1.92. The van der Waals surface area contributed by atoms with E-state index in [1.165, 1.54) is 23.1 Å². The topological polar surface area (TPSA) is 52.0 Å². The summed E-state index contributed by atoms with van der Waals surface area (Å²) in [7, 11) is 0. The van der Waals surface area contributed by atoms with Crippen molar-refractivity contribution in [3.63, 3.8) is 0 Å². The zero-order valence-electron chi connectivity index (χ0n) is 15.6. The number of ketones is 1. The van der Waals surface area contributed by atoms with Crippen LogP contribution in [0.2, 0.25) is 0 Å². The SMILES string of the molecule is Cc1sc2nc(SC(C)C(=O)c3ccccc3)n(C(C)C)c(=O)c2c1C. The Balaban J connectivity index is 2.05. The normalized spacial score (nSPS) is 12.7. The molecule has 0 spiro atoms. The van der Waals surface area contributed by atoms with E-state index >= 15 is 0 Å². The number of aromatic nitrogens is 2. The van der Waals surface area contributed by atoms with Gasteiger partial charge in [0.05, 0.1) is 10.6 Å². The third-order valence-corrected chi connectivity index (χ3v) is 6.60. The Morgan fingerprint density at radius 3 is 2.42 bits per heavy atom. The Morgan fingerprint density at radius 1 is 1.15 bits per heavy atom. The maximum atomic E-state index is 13.1. The van der Waals surface area contributed by atoms with Gasteiger partial charge in [0, 0.05) is 16.5 Å². The van der Waals surface area contributed by atoms with Crippen LogP contribution in [0.25, 0.3) is 10.2 Å². The number of carbonyl (C=O) groups is 1. The first-order chi connectivity index (χ1) is 12.3. The van der Waals surface area contributed by atoms with Crippen LogP contribution in [0.3, 0.4) is 0 Å². The first kappa shape index (κ1) is 18.9. The average molecular weight is 387 g/mol. The highest BCUT2D eigenvalue weighted by atomic mass is 32.2. The van der Waals surface area contributed by atoms with Crippen LogP contribution in [0, 0.1) is 13.8 Å². The smallest absolute Gasteiger partial charge is 0.263 e. The van der Waals surface area contributed by atoms with Crippen molar-refractivity contribution in [2.75, 3.05) is 0 Å². The molecule has 0 aliphatic carbocycles. The van der Waals surface area contributed by atoms with Crippen molar-refractivity contribution in [1.82, 2.24) is 9.55 Å². The molecule has 0 saturated heterocycles. The third-order valence-electron chi connectivity index (χ3n) is 4.43. The fourth-order valence-electron chi connectivity index (χ4n) is 2.87. The van der Waals surface area contributed by atoms with Crippen LogP contribution in [0.1, 0.15) is 47.6 Å². The quantitative estimate of drug-likeness (QED) is 0.351. The average Bonchev–Trinajstić information content (AvgIpc) is 2.89. The largest absolute Gasteiger partial charge is 0.293 e. The molecule has 0 aliphatic heterocycles. The molecule has 1 unspecified atom stereocenters. The molecule has 2 aromatic heterocycles. The van der Waals surface area contributed by atoms with Crippen molar-refractivity contribution >= 4 is 39.1 Å². The van der Waals surface area contributed by atoms with E-state index in [0.717, 1.165) is 15.3 Å². The van der Waals surface area contributed by atoms with Crippen LogP contribution in [-0.4, -0.2) is 20.6 Å². The zero-order valence-corrected chi connectivity index (χ0v) is 17.2. The molecule has 26 heavy (non-hydrogen) atoms. The van der Waals surface area contributed by atoms with Gasteiger partial charge in [0.25, 0.3) is 5.56 Å². The lowest BCUT2D eigenvalue weighted by molar-refractivity contribution is 0.0994. The van der Waals surface area contributed by atoms with Gasteiger partial charge >= 0.3 is 0 Å². The number of carbonyl (C=O) groups excluding carboxylic acids is 1. The lowest BCUT2D eigenvalue weighted by Gasteiger charge is -2.17. The third kappa shape index (κ3) is 3.35. The van der Waals surface area contributed by atoms with E-state index in [9.17, 15) is 9.59 Å². The molecule has 136 valence electrons. The van der Waals surface area contributed by atoms with Crippen molar-refractivity contribution in [1.29, 1.82) is 0 Å². The summed E-state index contributed by atoms with van der Waals surface area (Å²) in [4.78, 5) is 32.4. The molecule has 3 aromatic rings. The maximum Gasteiger partial charge on any atom is 0.263 e. The van der Waals surface area contributed by atoms with Crippen molar-refractivity contribution in [2.24, 2.45) is 0 Å². The van der Waals surface area contributed by atoms with Crippen molar-refractivity contribution < 1.29 is 4.79 Å². The molecule has 0 bridgehead atoms. The van der Waals surface area contributed by atoms with Gasteiger partial charge in [0.2, 0.25) is 0 Å². The summed E-state index contributed by atoms with van der Waals surface area (Å²) in [6, 6.07) is 9.21. The molecule has 4 nitrogen and oxygen atoms in total. The molecule has 0 saturated carbocycles. The van der Waals surface area contributed by atoms with Crippen LogP contribution in [-0.2, 0) is 0 Å². The molecule has 0 fully saturated rings. The first-order valence-corrected chi connectivity index (χ1v) is 10.3. The maximum absolute atomic E-state index is 13.1. The fraction of sp³-hybridized carbons (Fsp3) is 0.350. The lowest BCUT2D eigenvalue weighted by Crippen LogP contribution is -2.26. The zero-order chi connectivity index (χ0) is 19.0. The summed E-state index contributed by atoms with van der Waals surface area (Å²) in [5, 5.41) is 0.983. The Labute approximate surface area is 161 Å². The van der Waals surface area contributed by atoms with Gasteiger partial charge < -0.3 is 0 Å². The number of fused-ring (bicyclic) bond motifs is 1. The highest BCUT2D eigenvalue weighted by Gasteiger charge is 2.23. The second-order valence-corrected chi connectivity index (χ2v) is 9.13. The summed E-state index contributed by atoms with van der Waals surface area (Å²) in [6.07, 6.45) is 0. The van der Waals surface area contributed by atoms with Crippen molar-refractivity contribution in [2.45, 2.75) is 51.1 Å². The number of hydrogen-bond donors (Lipinski definition) is 0. The Kier molecular flexibility index (Phi) is 5.34. The number of Topliss-reactive ketones (excluding diaryl/α,β-unsaturated/α-hetero) is 1. The van der Waals surface area contributed by atoms with Crippen LogP contribution in [0.5, 0.6) is 0 Å². The number of thioether (sulfide) groups is 1. The molecule has 0 radical (unpaired) electrons. The van der Waals surface area contributed by atoms with E-state index in [1.807, 2.05) is 65.0 Å². The molecule has 6 heteroatoms. The summed E-state index contributed by atoms with van der Waals surface area (Å²) in [6.45, 7) is 9.78. The number of thiophene rings is 1. The second-order valence-electron chi connectivity index (χ2n) is 6.62. The molecular weight excluding hydrogens is 364 g/mol. The number of rotatable bonds is 5. The van der Waals surface area contributed by atoms with E-state index in [4.69, 9.17) is 4.98 Å². The van der Waals surface area contributed by atoms with Gasteiger partial charge in [0.15, 0.2) is 10.9 Å². The van der Waals surface area contributed by atoms with E-state index in [2.05, 4.69) is 0 Å². The Morgan fingerprint density at radius 2 is 1.81 bits per heavy atom. The Bertz CT molecular complexity index is 1020. The van der Waals surface area contributed by atoms with Gasteiger partial charge in [-0.1, -0.05) is 42.1 Å². The standard InChI is InChI=1S/C20H22N2O2S2/c1-11(2)22-19(24)16-12(3)13(4)25-18(16)21-20(22)26-14(5)17(23)15-9-7-6-8-10-15/h6-11,14H,1-5H3. The predicted octanol–water partition coefficient (Wildman–Crippen LogP) is 5.02. The summed E-state index contributed by atoms with van der Waals surface area (Å²) < 4.78 is 1.71. The second kappa shape index (κ2) is 7.37. The number of benzene rings is 1. The van der Waals surface area contributed by atoms with Crippen molar-refractivity contribution in [3.8, 4) is 0 Å². The number of aryl methyl sites for hydroxylation is 2. The van der Waals surface area contributed by atoms with Gasteiger partial charge in [-0.2, -0.15) is 0 Å². The minimum absolute atomic E-state index is 0.0197. The van der Waals surface area contributed by atoms with Gasteiger partial charge in [-0.3, -0.25) is 14.2 Å². The monoisotopic (exact) mass is 386 g/mol. The fourth-order valence-corrected chi connectivity index (χ4v) is 5.06. The lowest BCUT2D eigenvalue weighted by atomic mass is 10.1. The van der Waals surface area contributed by atoms with E-state index in [0.29, 0.717) is 16.1 Å². The van der Waals surface area contributed by atoms with Crippen molar-refractivity contribution in [3.05, 3.63) is 56.7 Å². The molecule has 3 rings (SSSR count). The van der Waals surface area contributed by atoms with E-state index in [-0.39, 0.29) is 22.6 Å². The minimum Gasteiger partial charge on any atom is -0.293 e. The minimum atomic E-state index is -0.325. The number of hydrogen-bond acceptors (Lipinski definition) is 5. The molecule has 1 atom stereocenters. The van der Waals surface area contributed by atoms with Crippen LogP contribution in [0.15, 0.2) is 40.3 Å². The highest BCUT2D eigenvalue weighted by molar-refractivity contribution is 8.00. The van der Waals surface area contributed by atoms with E-state index < -0.39 is 0 Å². The molecule has 0 aliphatic rings. The van der Waals surface area contributed by atoms with Gasteiger partial charge in [-0.25, -0.2) is 4.98 Å². The van der Waals surface area contributed by atoms with Gasteiger partial charge in [0.1, 0.15) is 4.83 Å². The molecular formula is C20H22N2O2S2. The molecule has 1 aromatic carbocycles. The van der Waals surface area contributed by atoms with Crippen LogP contribution < -0.4 is 5.56 Å². The summed E-state index contributed by atoms with van der Waals surface area (Å²) in [5.41, 5.74) is 1.66. The first-order valence-electron chi connectivity index (χ1n) is 8.59. The van der Waals surface area contributed by atoms with Gasteiger partial charge in [-0.15, -0.1) is 11.3 Å². The predicted molar refractivity (Wildman–Crippen MR) is 110 cm³/mol. The summed E-state index contributed by atoms with van der Waals surface area (Å²) >= 11 is 2.89. The molecule has 0 N–H and O–H groups in total. The molecule has 2 heterocycles. The van der Waals surface area contributed by atoms with Gasteiger partial charge in [-0.05, 0) is 40.2 Å².